The standard InChI is InChI=1S/C10H10BF3O2/c12-10(13,14)8-7(9(8)11(15)16)6-4-2-1-3-5-6/h1-5,7-9,15-16H/t7-,8+,9+/m1/s1. The Morgan fingerprint density at radius 2 is 1.62 bits per heavy atom. The molecule has 1 saturated carbocycles. The summed E-state index contributed by atoms with van der Waals surface area (Å²) in [4.78, 5) is 0. The summed E-state index contributed by atoms with van der Waals surface area (Å²) in [6.07, 6.45) is -4.38. The van der Waals surface area contributed by atoms with Crippen LogP contribution in [0.3, 0.4) is 0 Å². The van der Waals surface area contributed by atoms with E-state index in [0.29, 0.717) is 5.56 Å². The molecule has 0 aliphatic heterocycles. The molecule has 16 heavy (non-hydrogen) atoms. The molecule has 1 aromatic rings. The lowest BCUT2D eigenvalue weighted by molar-refractivity contribution is -0.149. The molecule has 0 amide bonds. The van der Waals surface area contributed by atoms with Gasteiger partial charge >= 0.3 is 13.3 Å². The fourth-order valence-electron chi connectivity index (χ4n) is 2.23. The van der Waals surface area contributed by atoms with E-state index in [9.17, 15) is 13.2 Å². The van der Waals surface area contributed by atoms with Gasteiger partial charge in [-0.3, -0.25) is 0 Å². The molecule has 2 nitrogen and oxygen atoms in total. The van der Waals surface area contributed by atoms with Gasteiger partial charge < -0.3 is 10.0 Å². The van der Waals surface area contributed by atoms with E-state index in [1.54, 1.807) is 30.3 Å². The van der Waals surface area contributed by atoms with Crippen LogP contribution in [-0.4, -0.2) is 23.3 Å². The van der Waals surface area contributed by atoms with E-state index in [1.807, 2.05) is 0 Å². The van der Waals surface area contributed by atoms with Gasteiger partial charge in [-0.1, -0.05) is 30.3 Å². The fraction of sp³-hybridized carbons (Fsp3) is 0.400. The zero-order chi connectivity index (χ0) is 11.9. The van der Waals surface area contributed by atoms with Crippen molar-refractivity contribution in [3.63, 3.8) is 0 Å². The summed E-state index contributed by atoms with van der Waals surface area (Å²) in [6, 6.07) is 8.14. The molecule has 0 aromatic heterocycles. The quantitative estimate of drug-likeness (QED) is 0.760. The first-order valence-corrected chi connectivity index (χ1v) is 4.90. The lowest BCUT2D eigenvalue weighted by atomic mass is 9.80. The molecule has 1 aliphatic rings. The zero-order valence-electron chi connectivity index (χ0n) is 8.22. The minimum Gasteiger partial charge on any atom is -0.427 e. The normalized spacial score (nSPS) is 28.9. The van der Waals surface area contributed by atoms with E-state index in [-0.39, 0.29) is 0 Å². The molecular formula is C10H10BF3O2. The molecule has 1 aromatic carbocycles. The van der Waals surface area contributed by atoms with Crippen LogP contribution in [0, 0.1) is 5.92 Å². The highest BCUT2D eigenvalue weighted by Crippen LogP contribution is 2.66. The molecule has 1 fully saturated rings. The Morgan fingerprint density at radius 3 is 2.00 bits per heavy atom. The van der Waals surface area contributed by atoms with Crippen LogP contribution < -0.4 is 0 Å². The topological polar surface area (TPSA) is 40.5 Å². The Labute approximate surface area is 90.9 Å². The first kappa shape index (κ1) is 11.5. The van der Waals surface area contributed by atoms with Gasteiger partial charge in [-0.25, -0.2) is 0 Å². The maximum absolute atomic E-state index is 12.6. The molecule has 0 heterocycles. The molecule has 0 unspecified atom stereocenters. The van der Waals surface area contributed by atoms with E-state index in [1.165, 1.54) is 0 Å². The average Bonchev–Trinajstić information content (AvgIpc) is 2.93. The van der Waals surface area contributed by atoms with Crippen molar-refractivity contribution in [1.82, 2.24) is 0 Å². The first-order valence-electron chi connectivity index (χ1n) is 4.90. The van der Waals surface area contributed by atoms with Crippen LogP contribution in [0.25, 0.3) is 0 Å². The second kappa shape index (κ2) is 3.78. The molecule has 2 rings (SSSR count). The van der Waals surface area contributed by atoms with Crippen LogP contribution >= 0.6 is 0 Å². The lowest BCUT2D eigenvalue weighted by Crippen LogP contribution is -2.18. The maximum atomic E-state index is 12.6. The second-order valence-corrected chi connectivity index (χ2v) is 3.99. The molecule has 0 radical (unpaired) electrons. The van der Waals surface area contributed by atoms with Gasteiger partial charge in [0.1, 0.15) is 0 Å². The zero-order valence-corrected chi connectivity index (χ0v) is 8.22. The minimum atomic E-state index is -4.38. The van der Waals surface area contributed by atoms with Crippen LogP contribution in [0.2, 0.25) is 5.82 Å². The molecule has 0 saturated heterocycles. The Hall–Kier alpha value is -1.01. The van der Waals surface area contributed by atoms with Crippen LogP contribution in [0.4, 0.5) is 13.2 Å². The lowest BCUT2D eigenvalue weighted by Gasteiger charge is -2.05. The van der Waals surface area contributed by atoms with Crippen molar-refractivity contribution in [2.45, 2.75) is 17.9 Å². The number of alkyl halides is 3. The van der Waals surface area contributed by atoms with Gasteiger partial charge in [0, 0.05) is 5.82 Å². The van der Waals surface area contributed by atoms with Crippen molar-refractivity contribution < 1.29 is 23.2 Å². The number of rotatable bonds is 2. The van der Waals surface area contributed by atoms with E-state index in [4.69, 9.17) is 10.0 Å². The fourth-order valence-corrected chi connectivity index (χ4v) is 2.23. The summed E-state index contributed by atoms with van der Waals surface area (Å²) in [6.45, 7) is 0. The third kappa shape index (κ3) is 1.95. The van der Waals surface area contributed by atoms with Crippen molar-refractivity contribution in [3.8, 4) is 0 Å². The highest BCUT2D eigenvalue weighted by Gasteiger charge is 2.68. The molecule has 2 N–H and O–H groups in total. The van der Waals surface area contributed by atoms with Gasteiger partial charge in [-0.15, -0.1) is 0 Å². The Balaban J connectivity index is 2.23. The van der Waals surface area contributed by atoms with Crippen LogP contribution in [0.5, 0.6) is 0 Å². The van der Waals surface area contributed by atoms with Crippen molar-refractivity contribution in [2.75, 3.05) is 0 Å². The highest BCUT2D eigenvalue weighted by atomic mass is 19.4. The van der Waals surface area contributed by atoms with E-state index >= 15 is 0 Å². The minimum absolute atomic E-state index is 0.503. The molecule has 1 aliphatic carbocycles. The summed E-state index contributed by atoms with van der Waals surface area (Å²) in [5, 5.41) is 17.8. The number of halogens is 3. The summed E-state index contributed by atoms with van der Waals surface area (Å²) in [7, 11) is -1.92. The van der Waals surface area contributed by atoms with Gasteiger partial charge in [0.25, 0.3) is 0 Å². The van der Waals surface area contributed by atoms with Crippen LogP contribution in [-0.2, 0) is 0 Å². The average molecular weight is 230 g/mol. The number of hydrogen-bond donors (Lipinski definition) is 2. The largest absolute Gasteiger partial charge is 0.456 e. The molecule has 6 heteroatoms. The molecule has 86 valence electrons. The van der Waals surface area contributed by atoms with E-state index < -0.39 is 30.9 Å². The predicted octanol–water partition coefficient (Wildman–Crippen LogP) is 1.81. The van der Waals surface area contributed by atoms with Crippen molar-refractivity contribution >= 4 is 7.12 Å². The monoisotopic (exact) mass is 230 g/mol. The summed E-state index contributed by atoms with van der Waals surface area (Å²) in [5.41, 5.74) is 0.503. The van der Waals surface area contributed by atoms with Gasteiger partial charge in [-0.2, -0.15) is 13.2 Å². The summed E-state index contributed by atoms with van der Waals surface area (Å²) < 4.78 is 37.7. The van der Waals surface area contributed by atoms with Crippen molar-refractivity contribution in [1.29, 1.82) is 0 Å². The number of hydrogen-bond acceptors (Lipinski definition) is 2. The smallest absolute Gasteiger partial charge is 0.427 e. The molecule has 0 bridgehead atoms. The second-order valence-electron chi connectivity index (χ2n) is 3.99. The number of benzene rings is 1. The van der Waals surface area contributed by atoms with Crippen molar-refractivity contribution in [3.05, 3.63) is 35.9 Å². The predicted molar refractivity (Wildman–Crippen MR) is 52.7 cm³/mol. The third-order valence-electron chi connectivity index (χ3n) is 2.98. The Morgan fingerprint density at radius 1 is 1.06 bits per heavy atom. The highest BCUT2D eigenvalue weighted by molar-refractivity contribution is 6.45. The van der Waals surface area contributed by atoms with Crippen molar-refractivity contribution in [2.24, 2.45) is 5.92 Å². The third-order valence-corrected chi connectivity index (χ3v) is 2.98. The SMILES string of the molecule is OB(O)[C@H]1[C@H](c2ccccc2)[C@@H]1C(F)(F)F. The Bertz CT molecular complexity index is 366. The first-order chi connectivity index (χ1) is 7.43. The Kier molecular flexibility index (Phi) is 2.71. The van der Waals surface area contributed by atoms with E-state index in [2.05, 4.69) is 0 Å². The molecular weight excluding hydrogens is 220 g/mol. The van der Waals surface area contributed by atoms with E-state index in [0.717, 1.165) is 0 Å². The summed E-state index contributed by atoms with van der Waals surface area (Å²) in [5.74, 6) is -3.61. The van der Waals surface area contributed by atoms with Crippen LogP contribution in [0.1, 0.15) is 11.5 Å². The van der Waals surface area contributed by atoms with Gasteiger partial charge in [0.15, 0.2) is 0 Å². The van der Waals surface area contributed by atoms with Gasteiger partial charge in [-0.05, 0) is 11.5 Å². The van der Waals surface area contributed by atoms with Gasteiger partial charge in [0.05, 0.1) is 5.92 Å². The maximum Gasteiger partial charge on any atom is 0.456 e. The van der Waals surface area contributed by atoms with Gasteiger partial charge in [0.2, 0.25) is 0 Å². The summed E-state index contributed by atoms with van der Waals surface area (Å²) >= 11 is 0. The molecule has 0 spiro atoms. The molecule has 3 atom stereocenters. The van der Waals surface area contributed by atoms with Crippen LogP contribution in [0.15, 0.2) is 30.3 Å².